The van der Waals surface area contributed by atoms with Crippen LogP contribution >= 0.6 is 0 Å². The highest BCUT2D eigenvalue weighted by molar-refractivity contribution is 6.21. The van der Waals surface area contributed by atoms with Gasteiger partial charge in [0.2, 0.25) is 5.91 Å². The number of nitrogens with one attached hydrogen (secondary N) is 2. The number of urea groups is 1. The number of benzene rings is 2. The first-order chi connectivity index (χ1) is 15.9. The van der Waals surface area contributed by atoms with E-state index in [0.717, 1.165) is 28.9 Å². The Balaban J connectivity index is 1.35. The third-order valence-electron chi connectivity index (χ3n) is 6.07. The molecule has 1 fully saturated rings. The fourth-order valence-electron chi connectivity index (χ4n) is 4.33. The Kier molecular flexibility index (Phi) is 6.39. The normalized spacial score (nSPS) is 19.2. The van der Waals surface area contributed by atoms with Crippen LogP contribution in [0.15, 0.2) is 36.4 Å². The molecule has 9 heteroatoms. The summed E-state index contributed by atoms with van der Waals surface area (Å²) in [7, 11) is 4.72. The number of rotatable bonds is 8. The number of methoxy groups -OCH3 is 3. The first kappa shape index (κ1) is 22.4. The lowest BCUT2D eigenvalue weighted by Crippen LogP contribution is -2.33. The average molecular weight is 453 g/mol. The lowest BCUT2D eigenvalue weighted by atomic mass is 10.1. The number of ether oxygens (including phenoxy) is 3. The molecule has 1 unspecified atom stereocenters. The van der Waals surface area contributed by atoms with Crippen LogP contribution in [0.25, 0.3) is 0 Å². The average Bonchev–Trinajstić information content (AvgIpc) is 3.35. The van der Waals surface area contributed by atoms with Crippen molar-refractivity contribution in [1.29, 1.82) is 0 Å². The summed E-state index contributed by atoms with van der Waals surface area (Å²) in [5.41, 5.74) is 2.58. The molecule has 4 amide bonds. The fraction of sp³-hybridized carbons (Fsp3) is 0.375. The van der Waals surface area contributed by atoms with E-state index in [9.17, 15) is 14.4 Å². The zero-order valence-electron chi connectivity index (χ0n) is 18.8. The molecular formula is C24H27N3O6. The number of amides is 4. The van der Waals surface area contributed by atoms with E-state index in [2.05, 4.69) is 10.6 Å². The number of nitrogens with zero attached hydrogens (tertiary/aromatic N) is 1. The van der Waals surface area contributed by atoms with Crippen molar-refractivity contribution >= 4 is 23.5 Å². The molecule has 1 heterocycles. The summed E-state index contributed by atoms with van der Waals surface area (Å²) in [6.07, 6.45) is 1.94. The number of carbonyl (C=O) groups is 3. The summed E-state index contributed by atoms with van der Waals surface area (Å²) in [4.78, 5) is 38.9. The summed E-state index contributed by atoms with van der Waals surface area (Å²) >= 11 is 0. The monoisotopic (exact) mass is 453 g/mol. The summed E-state index contributed by atoms with van der Waals surface area (Å²) in [6, 6.07) is 9.13. The summed E-state index contributed by atoms with van der Waals surface area (Å²) < 4.78 is 15.9. The van der Waals surface area contributed by atoms with Gasteiger partial charge in [0.1, 0.15) is 11.8 Å². The fourth-order valence-corrected chi connectivity index (χ4v) is 4.33. The lowest BCUT2D eigenvalue weighted by molar-refractivity contribution is -0.122. The molecule has 174 valence electrons. The van der Waals surface area contributed by atoms with Crippen molar-refractivity contribution in [2.45, 2.75) is 37.8 Å². The molecule has 0 aromatic heterocycles. The van der Waals surface area contributed by atoms with Gasteiger partial charge in [0.25, 0.3) is 5.91 Å². The molecule has 0 spiro atoms. The van der Waals surface area contributed by atoms with E-state index in [1.54, 1.807) is 45.6 Å². The van der Waals surface area contributed by atoms with Gasteiger partial charge in [0, 0.05) is 6.42 Å². The Hall–Kier alpha value is -3.75. The van der Waals surface area contributed by atoms with Crippen LogP contribution in [0.1, 0.15) is 36.4 Å². The van der Waals surface area contributed by atoms with Crippen LogP contribution in [0.4, 0.5) is 10.5 Å². The molecule has 33 heavy (non-hydrogen) atoms. The number of aryl methyl sites for hydroxylation is 1. The first-order valence-electron chi connectivity index (χ1n) is 10.8. The van der Waals surface area contributed by atoms with E-state index >= 15 is 0 Å². The lowest BCUT2D eigenvalue weighted by Gasteiger charge is -2.17. The molecule has 0 bridgehead atoms. The second-order valence-electron chi connectivity index (χ2n) is 7.98. The molecule has 2 atom stereocenters. The summed E-state index contributed by atoms with van der Waals surface area (Å²) in [5.74, 6) is 1.37. The van der Waals surface area contributed by atoms with Gasteiger partial charge in [-0.05, 0) is 66.8 Å². The topological polar surface area (TPSA) is 106 Å². The second kappa shape index (κ2) is 9.40. The minimum atomic E-state index is -0.745. The summed E-state index contributed by atoms with van der Waals surface area (Å²) in [5, 5.41) is 5.71. The Labute approximate surface area is 192 Å². The van der Waals surface area contributed by atoms with Gasteiger partial charge in [-0.25, -0.2) is 9.69 Å². The van der Waals surface area contributed by atoms with Crippen LogP contribution in [0.3, 0.4) is 0 Å². The van der Waals surface area contributed by atoms with Gasteiger partial charge in [-0.3, -0.25) is 9.59 Å². The quantitative estimate of drug-likeness (QED) is 0.596. The molecule has 2 aromatic carbocycles. The van der Waals surface area contributed by atoms with Gasteiger partial charge >= 0.3 is 6.03 Å². The molecule has 0 saturated carbocycles. The SMILES string of the molecule is COc1ccc(N2C(=O)N[C@@H](CCC(=O)NC3CCc4cc(OC)c(OC)cc43)C2=O)cc1. The maximum Gasteiger partial charge on any atom is 0.329 e. The number of hydrogen-bond donors (Lipinski definition) is 2. The minimum Gasteiger partial charge on any atom is -0.497 e. The van der Waals surface area contributed by atoms with Crippen LogP contribution < -0.4 is 29.7 Å². The number of imide groups is 1. The van der Waals surface area contributed by atoms with E-state index in [-0.39, 0.29) is 30.7 Å². The molecule has 0 radical (unpaired) electrons. The minimum absolute atomic E-state index is 0.117. The van der Waals surface area contributed by atoms with E-state index in [1.165, 1.54) is 0 Å². The maximum atomic E-state index is 12.8. The zero-order valence-corrected chi connectivity index (χ0v) is 18.8. The van der Waals surface area contributed by atoms with E-state index in [0.29, 0.717) is 22.9 Å². The van der Waals surface area contributed by atoms with E-state index < -0.39 is 12.1 Å². The Morgan fingerprint density at radius 1 is 1.06 bits per heavy atom. The van der Waals surface area contributed by atoms with Crippen molar-refractivity contribution in [3.8, 4) is 17.2 Å². The maximum absolute atomic E-state index is 12.8. The predicted molar refractivity (Wildman–Crippen MR) is 121 cm³/mol. The molecule has 1 aliphatic carbocycles. The van der Waals surface area contributed by atoms with Crippen molar-refractivity contribution in [2.75, 3.05) is 26.2 Å². The molecular weight excluding hydrogens is 426 g/mol. The second-order valence-corrected chi connectivity index (χ2v) is 7.98. The van der Waals surface area contributed by atoms with Crippen LogP contribution in [0.5, 0.6) is 17.2 Å². The predicted octanol–water partition coefficient (Wildman–Crippen LogP) is 2.72. The van der Waals surface area contributed by atoms with Crippen molar-refractivity contribution < 1.29 is 28.6 Å². The molecule has 4 rings (SSSR count). The smallest absolute Gasteiger partial charge is 0.329 e. The highest BCUT2D eigenvalue weighted by Crippen LogP contribution is 2.39. The molecule has 1 saturated heterocycles. The number of hydrogen-bond acceptors (Lipinski definition) is 6. The zero-order chi connectivity index (χ0) is 23.5. The third kappa shape index (κ3) is 4.44. The molecule has 2 N–H and O–H groups in total. The molecule has 1 aliphatic heterocycles. The van der Waals surface area contributed by atoms with Gasteiger partial charge < -0.3 is 24.8 Å². The largest absolute Gasteiger partial charge is 0.497 e. The van der Waals surface area contributed by atoms with Gasteiger partial charge in [-0.2, -0.15) is 0 Å². The van der Waals surface area contributed by atoms with Gasteiger partial charge in [-0.1, -0.05) is 0 Å². The highest BCUT2D eigenvalue weighted by atomic mass is 16.5. The Morgan fingerprint density at radius 3 is 2.42 bits per heavy atom. The number of anilines is 1. The number of fused-ring (bicyclic) bond motifs is 1. The molecule has 2 aliphatic rings. The van der Waals surface area contributed by atoms with Crippen molar-refractivity contribution in [3.63, 3.8) is 0 Å². The highest BCUT2D eigenvalue weighted by Gasteiger charge is 2.39. The number of carbonyl (C=O) groups excluding carboxylic acids is 3. The van der Waals surface area contributed by atoms with Crippen LogP contribution in [0.2, 0.25) is 0 Å². The van der Waals surface area contributed by atoms with Crippen LogP contribution in [-0.2, 0) is 16.0 Å². The van der Waals surface area contributed by atoms with Gasteiger partial charge in [0.05, 0.1) is 33.1 Å². The molecule has 2 aromatic rings. The van der Waals surface area contributed by atoms with Gasteiger partial charge in [0.15, 0.2) is 11.5 Å². The Morgan fingerprint density at radius 2 is 1.76 bits per heavy atom. The van der Waals surface area contributed by atoms with E-state index in [4.69, 9.17) is 14.2 Å². The summed E-state index contributed by atoms with van der Waals surface area (Å²) in [6.45, 7) is 0. The van der Waals surface area contributed by atoms with Crippen molar-refractivity contribution in [3.05, 3.63) is 47.5 Å². The van der Waals surface area contributed by atoms with Crippen molar-refractivity contribution in [1.82, 2.24) is 10.6 Å². The van der Waals surface area contributed by atoms with Crippen LogP contribution in [-0.4, -0.2) is 45.2 Å². The third-order valence-corrected chi connectivity index (χ3v) is 6.07. The van der Waals surface area contributed by atoms with Crippen LogP contribution in [0, 0.1) is 0 Å². The van der Waals surface area contributed by atoms with E-state index in [1.807, 2.05) is 12.1 Å². The van der Waals surface area contributed by atoms with Gasteiger partial charge in [-0.15, -0.1) is 0 Å². The molecule has 9 nitrogen and oxygen atoms in total. The Bertz CT molecular complexity index is 1070. The first-order valence-corrected chi connectivity index (χ1v) is 10.8. The standard InChI is InChI=1S/C24H27N3O6/c1-31-16-7-5-15(6-8-16)27-23(29)19(26-24(27)30)10-11-22(28)25-18-9-4-14-12-20(32-2)21(33-3)13-17(14)18/h5-8,12-13,18-19H,4,9-11H2,1-3H3,(H,25,28)(H,26,30)/t18?,19-/m0/s1. The van der Waals surface area contributed by atoms with Crippen molar-refractivity contribution in [2.24, 2.45) is 0 Å².